The lowest BCUT2D eigenvalue weighted by atomic mass is 10.3. The number of rotatable bonds is 5. The molecule has 0 heterocycles. The van der Waals surface area contributed by atoms with E-state index in [-0.39, 0.29) is 0 Å². The van der Waals surface area contributed by atoms with Gasteiger partial charge >= 0.3 is 0 Å². The Labute approximate surface area is 51.5 Å². The molecule has 0 fully saturated rings. The molecule has 4 N–H and O–H groups in total. The molecule has 0 radical (unpaired) electrons. The number of quaternary nitrogens is 1. The van der Waals surface area contributed by atoms with E-state index in [0.29, 0.717) is 0 Å². The summed E-state index contributed by atoms with van der Waals surface area (Å²) in [6.07, 6.45) is 2.45. The fraction of sp³-hybridized carbons (Fsp3) is 1.00. The van der Waals surface area contributed by atoms with E-state index in [4.69, 9.17) is 5.73 Å². The summed E-state index contributed by atoms with van der Waals surface area (Å²) in [5.41, 5.74) is 5.30. The van der Waals surface area contributed by atoms with Gasteiger partial charge < -0.3 is 11.1 Å². The smallest absolute Gasteiger partial charge is 0.0755 e. The maximum atomic E-state index is 5.30. The van der Waals surface area contributed by atoms with Crippen LogP contribution in [0, 0.1) is 0 Å². The monoisotopic (exact) mass is 117 g/mol. The van der Waals surface area contributed by atoms with E-state index in [9.17, 15) is 0 Å². The van der Waals surface area contributed by atoms with Crippen molar-refractivity contribution >= 4 is 0 Å². The minimum atomic E-state index is 0.845. The molecule has 0 rings (SSSR count). The summed E-state index contributed by atoms with van der Waals surface area (Å²) in [4.78, 5) is 0. The van der Waals surface area contributed by atoms with E-state index in [1.807, 2.05) is 0 Å². The molecule has 0 aliphatic heterocycles. The Balaban J connectivity index is 2.53. The lowest BCUT2D eigenvalue weighted by Gasteiger charge is -1.94. The number of hydrogen-bond donors (Lipinski definition) is 2. The van der Waals surface area contributed by atoms with Crippen LogP contribution < -0.4 is 11.1 Å². The first-order valence-corrected chi connectivity index (χ1v) is 3.43. The fourth-order valence-corrected chi connectivity index (χ4v) is 0.637. The summed E-state index contributed by atoms with van der Waals surface area (Å²) in [6, 6.07) is 0. The van der Waals surface area contributed by atoms with Crippen LogP contribution in [0.2, 0.25) is 0 Å². The predicted octanol–water partition coefficient (Wildman–Crippen LogP) is -0.691. The van der Waals surface area contributed by atoms with E-state index in [2.05, 4.69) is 12.2 Å². The topological polar surface area (TPSA) is 42.6 Å². The van der Waals surface area contributed by atoms with Gasteiger partial charge in [0.2, 0.25) is 0 Å². The van der Waals surface area contributed by atoms with E-state index in [1.54, 1.807) is 0 Å². The molecule has 0 aliphatic carbocycles. The molecule has 0 unspecified atom stereocenters. The maximum absolute atomic E-state index is 5.30. The summed E-state index contributed by atoms with van der Waals surface area (Å²) in [5.74, 6) is 0. The first kappa shape index (κ1) is 7.92. The second kappa shape index (κ2) is 6.92. The highest BCUT2D eigenvalue weighted by Crippen LogP contribution is 1.76. The Morgan fingerprint density at radius 2 is 2.12 bits per heavy atom. The molecular weight excluding hydrogens is 100 g/mol. The highest BCUT2D eigenvalue weighted by atomic mass is 14.8. The zero-order valence-electron chi connectivity index (χ0n) is 5.69. The summed E-state index contributed by atoms with van der Waals surface area (Å²) in [7, 11) is 0. The zero-order chi connectivity index (χ0) is 6.24. The lowest BCUT2D eigenvalue weighted by molar-refractivity contribution is -0.652. The zero-order valence-corrected chi connectivity index (χ0v) is 5.69. The van der Waals surface area contributed by atoms with Crippen molar-refractivity contribution in [2.75, 3.05) is 19.6 Å². The van der Waals surface area contributed by atoms with Crippen molar-refractivity contribution in [2.45, 2.75) is 19.8 Å². The Hall–Kier alpha value is -0.0800. The van der Waals surface area contributed by atoms with Crippen LogP contribution in [0.15, 0.2) is 0 Å². The van der Waals surface area contributed by atoms with Gasteiger partial charge in [0, 0.05) is 0 Å². The summed E-state index contributed by atoms with van der Waals surface area (Å²) >= 11 is 0. The Bertz CT molecular complexity index is 31.5. The molecule has 0 aromatic rings. The van der Waals surface area contributed by atoms with Crippen LogP contribution in [0.5, 0.6) is 0 Å². The normalized spacial score (nSPS) is 9.75. The molecule has 50 valence electrons. The molecule has 0 aliphatic rings. The van der Waals surface area contributed by atoms with Gasteiger partial charge in [-0.3, -0.25) is 0 Å². The van der Waals surface area contributed by atoms with Crippen LogP contribution in [-0.4, -0.2) is 19.6 Å². The molecule has 0 amide bonds. The van der Waals surface area contributed by atoms with E-state index in [0.717, 1.165) is 6.54 Å². The second-order valence-electron chi connectivity index (χ2n) is 1.98. The third-order valence-electron chi connectivity index (χ3n) is 1.15. The van der Waals surface area contributed by atoms with Crippen molar-refractivity contribution in [3.8, 4) is 0 Å². The fourth-order valence-electron chi connectivity index (χ4n) is 0.637. The van der Waals surface area contributed by atoms with Gasteiger partial charge in [-0.1, -0.05) is 0 Å². The van der Waals surface area contributed by atoms with Crippen LogP contribution >= 0.6 is 0 Å². The number of unbranched alkanes of at least 4 members (excludes halogenated alkanes) is 1. The van der Waals surface area contributed by atoms with E-state index in [1.165, 1.54) is 25.9 Å². The average Bonchev–Trinajstić information content (AvgIpc) is 1.81. The van der Waals surface area contributed by atoms with Gasteiger partial charge in [-0.05, 0) is 26.3 Å². The largest absolute Gasteiger partial charge is 0.346 e. The van der Waals surface area contributed by atoms with Crippen molar-refractivity contribution in [3.63, 3.8) is 0 Å². The van der Waals surface area contributed by atoms with Crippen LogP contribution in [-0.2, 0) is 0 Å². The molecular formula is C6H17N2+. The maximum Gasteiger partial charge on any atom is 0.0755 e. The first-order chi connectivity index (χ1) is 3.91. The van der Waals surface area contributed by atoms with E-state index < -0.39 is 0 Å². The molecule has 0 saturated heterocycles. The Kier molecular flexibility index (Phi) is 6.85. The van der Waals surface area contributed by atoms with Gasteiger partial charge in [-0.25, -0.2) is 0 Å². The van der Waals surface area contributed by atoms with Crippen LogP contribution in [0.3, 0.4) is 0 Å². The van der Waals surface area contributed by atoms with Crippen molar-refractivity contribution in [2.24, 2.45) is 5.73 Å². The van der Waals surface area contributed by atoms with Gasteiger partial charge in [-0.2, -0.15) is 0 Å². The van der Waals surface area contributed by atoms with Crippen LogP contribution in [0.4, 0.5) is 0 Å². The second-order valence-corrected chi connectivity index (χ2v) is 1.98. The van der Waals surface area contributed by atoms with Crippen molar-refractivity contribution in [3.05, 3.63) is 0 Å². The van der Waals surface area contributed by atoms with Gasteiger partial charge in [0.1, 0.15) is 0 Å². The molecule has 0 aromatic carbocycles. The molecule has 8 heavy (non-hydrogen) atoms. The van der Waals surface area contributed by atoms with Gasteiger partial charge in [0.15, 0.2) is 0 Å². The quantitative estimate of drug-likeness (QED) is 0.460. The minimum Gasteiger partial charge on any atom is -0.346 e. The molecule has 2 heteroatoms. The first-order valence-electron chi connectivity index (χ1n) is 3.43. The van der Waals surface area contributed by atoms with Crippen LogP contribution in [0.25, 0.3) is 0 Å². The molecule has 0 aromatic heterocycles. The third-order valence-corrected chi connectivity index (χ3v) is 1.15. The van der Waals surface area contributed by atoms with Crippen LogP contribution in [0.1, 0.15) is 19.8 Å². The predicted molar refractivity (Wildman–Crippen MR) is 35.6 cm³/mol. The summed E-state index contributed by atoms with van der Waals surface area (Å²) in [5, 5.41) is 2.30. The minimum absolute atomic E-state index is 0.845. The summed E-state index contributed by atoms with van der Waals surface area (Å²) < 4.78 is 0. The lowest BCUT2D eigenvalue weighted by Crippen LogP contribution is -2.83. The molecule has 2 nitrogen and oxygen atoms in total. The van der Waals surface area contributed by atoms with Gasteiger partial charge in [0.05, 0.1) is 13.1 Å². The highest BCUT2D eigenvalue weighted by Gasteiger charge is 1.84. The molecule has 0 bridgehead atoms. The summed E-state index contributed by atoms with van der Waals surface area (Å²) in [6.45, 7) is 5.46. The SMILES string of the molecule is CC[NH2+]CCCCN. The van der Waals surface area contributed by atoms with Gasteiger partial charge in [-0.15, -0.1) is 0 Å². The number of hydrogen-bond acceptors (Lipinski definition) is 1. The third kappa shape index (κ3) is 5.92. The van der Waals surface area contributed by atoms with E-state index >= 15 is 0 Å². The Morgan fingerprint density at radius 3 is 2.62 bits per heavy atom. The number of nitrogens with two attached hydrogens (primary N) is 2. The average molecular weight is 117 g/mol. The molecule has 0 spiro atoms. The molecule has 0 atom stereocenters. The van der Waals surface area contributed by atoms with Crippen molar-refractivity contribution < 1.29 is 5.32 Å². The van der Waals surface area contributed by atoms with Crippen molar-refractivity contribution in [1.29, 1.82) is 0 Å². The van der Waals surface area contributed by atoms with Gasteiger partial charge in [0.25, 0.3) is 0 Å². The Morgan fingerprint density at radius 1 is 1.38 bits per heavy atom. The molecule has 0 saturated carbocycles. The van der Waals surface area contributed by atoms with Crippen molar-refractivity contribution in [1.82, 2.24) is 0 Å². The standard InChI is InChI=1S/C6H16N2/c1-2-8-6-4-3-5-7/h8H,2-7H2,1H3/p+1. The highest BCUT2D eigenvalue weighted by molar-refractivity contribution is 4.35.